The summed E-state index contributed by atoms with van der Waals surface area (Å²) in [5.74, 6) is 1.38. The van der Waals surface area contributed by atoms with Crippen molar-refractivity contribution in [2.45, 2.75) is 6.54 Å². The van der Waals surface area contributed by atoms with Gasteiger partial charge in [-0.05, 0) is 12.1 Å². The van der Waals surface area contributed by atoms with Crippen LogP contribution in [0.5, 0.6) is 5.75 Å². The molecule has 0 aliphatic heterocycles. The molecule has 0 atom stereocenters. The molecule has 4 rings (SSSR count). The fourth-order valence-electron chi connectivity index (χ4n) is 2.43. The normalized spacial score (nSPS) is 11.0. The Morgan fingerprint density at radius 3 is 2.79 bits per heavy atom. The predicted octanol–water partition coefficient (Wildman–Crippen LogP) is 2.70. The maximum absolute atomic E-state index is 12.3. The number of benzene rings is 2. The third-order valence-corrected chi connectivity index (χ3v) is 3.63. The van der Waals surface area contributed by atoms with E-state index in [1.807, 2.05) is 30.3 Å². The summed E-state index contributed by atoms with van der Waals surface area (Å²) in [7, 11) is 1.56. The van der Waals surface area contributed by atoms with Crippen LogP contribution in [0.1, 0.15) is 5.89 Å². The molecule has 0 unspecified atom stereocenters. The van der Waals surface area contributed by atoms with Gasteiger partial charge in [-0.15, -0.1) is 0 Å². The Bertz CT molecular complexity index is 1050. The summed E-state index contributed by atoms with van der Waals surface area (Å²) in [6, 6.07) is 14.5. The number of methoxy groups -OCH3 is 1. The van der Waals surface area contributed by atoms with Gasteiger partial charge in [-0.3, -0.25) is 4.79 Å². The number of fused-ring (bicyclic) bond motifs is 1. The van der Waals surface area contributed by atoms with Crippen LogP contribution >= 0.6 is 0 Å². The molecule has 0 bridgehead atoms. The Morgan fingerprint density at radius 1 is 1.17 bits per heavy atom. The van der Waals surface area contributed by atoms with E-state index in [0.717, 1.165) is 5.56 Å². The van der Waals surface area contributed by atoms with Crippen LogP contribution in [-0.4, -0.2) is 22.0 Å². The van der Waals surface area contributed by atoms with Crippen LogP contribution in [0, 0.1) is 0 Å². The van der Waals surface area contributed by atoms with Gasteiger partial charge in [-0.2, -0.15) is 9.72 Å². The van der Waals surface area contributed by atoms with Crippen LogP contribution in [0.4, 0.5) is 0 Å². The maximum Gasteiger partial charge on any atom is 0.290 e. The monoisotopic (exact) mass is 323 g/mol. The van der Waals surface area contributed by atoms with Crippen molar-refractivity contribution in [2.24, 2.45) is 0 Å². The van der Waals surface area contributed by atoms with Gasteiger partial charge < -0.3 is 13.8 Å². The van der Waals surface area contributed by atoms with Gasteiger partial charge in [0, 0.05) is 11.6 Å². The highest BCUT2D eigenvalue weighted by atomic mass is 16.5. The first-order chi connectivity index (χ1) is 11.7. The molecular formula is C17H13N3O4. The van der Waals surface area contributed by atoms with Crippen molar-refractivity contribution in [2.75, 3.05) is 7.11 Å². The Kier molecular flexibility index (Phi) is 3.38. The molecule has 7 heteroatoms. The van der Waals surface area contributed by atoms with Gasteiger partial charge in [0.25, 0.3) is 5.56 Å². The smallest absolute Gasteiger partial charge is 0.290 e. The highest BCUT2D eigenvalue weighted by molar-refractivity contribution is 5.77. The number of rotatable bonds is 4. The molecule has 2 aromatic heterocycles. The number of ether oxygens (including phenoxy) is 1. The minimum Gasteiger partial charge on any atom is -0.497 e. The molecule has 24 heavy (non-hydrogen) atoms. The third-order valence-electron chi connectivity index (χ3n) is 3.63. The molecule has 0 fully saturated rings. The van der Waals surface area contributed by atoms with Crippen LogP contribution in [0.25, 0.3) is 22.4 Å². The van der Waals surface area contributed by atoms with Crippen LogP contribution in [0.2, 0.25) is 0 Å². The highest BCUT2D eigenvalue weighted by Gasteiger charge is 2.14. The van der Waals surface area contributed by atoms with Crippen molar-refractivity contribution in [3.05, 3.63) is 64.8 Å². The van der Waals surface area contributed by atoms with Crippen LogP contribution < -0.4 is 10.3 Å². The second kappa shape index (κ2) is 5.69. The van der Waals surface area contributed by atoms with E-state index in [0.29, 0.717) is 28.4 Å². The Balaban J connectivity index is 1.66. The number of nitrogens with zero attached hydrogens (tertiary/aromatic N) is 3. The molecule has 0 radical (unpaired) electrons. The molecule has 0 N–H and O–H groups in total. The number of hydrogen-bond acceptors (Lipinski definition) is 6. The van der Waals surface area contributed by atoms with Crippen molar-refractivity contribution >= 4 is 11.0 Å². The third kappa shape index (κ3) is 2.45. The Labute approximate surface area is 136 Å². The zero-order valence-electron chi connectivity index (χ0n) is 12.8. The summed E-state index contributed by atoms with van der Waals surface area (Å²) in [4.78, 5) is 16.6. The van der Waals surface area contributed by atoms with E-state index in [2.05, 4.69) is 10.1 Å². The molecule has 0 saturated carbocycles. The van der Waals surface area contributed by atoms with E-state index in [-0.39, 0.29) is 12.1 Å². The summed E-state index contributed by atoms with van der Waals surface area (Å²) in [6.07, 6.45) is 0. The van der Waals surface area contributed by atoms with Crippen molar-refractivity contribution < 1.29 is 13.8 Å². The van der Waals surface area contributed by atoms with Gasteiger partial charge in [0.15, 0.2) is 5.58 Å². The van der Waals surface area contributed by atoms with Crippen LogP contribution in [-0.2, 0) is 6.54 Å². The van der Waals surface area contributed by atoms with E-state index in [1.165, 1.54) is 4.74 Å². The molecule has 0 spiro atoms. The SMILES string of the molecule is COc1ccc2c(=O)n(Cc3nc(-c4ccccc4)no3)oc2c1. The summed E-state index contributed by atoms with van der Waals surface area (Å²) < 4.78 is 17.1. The van der Waals surface area contributed by atoms with E-state index in [9.17, 15) is 4.79 Å². The first-order valence-corrected chi connectivity index (χ1v) is 7.30. The lowest BCUT2D eigenvalue weighted by atomic mass is 10.2. The van der Waals surface area contributed by atoms with Crippen molar-refractivity contribution in [3.8, 4) is 17.1 Å². The lowest BCUT2D eigenvalue weighted by molar-refractivity contribution is 0.266. The summed E-state index contributed by atoms with van der Waals surface area (Å²) >= 11 is 0. The summed E-state index contributed by atoms with van der Waals surface area (Å²) in [5.41, 5.74) is 1.03. The fourth-order valence-corrected chi connectivity index (χ4v) is 2.43. The topological polar surface area (TPSA) is 83.3 Å². The highest BCUT2D eigenvalue weighted by Crippen LogP contribution is 2.19. The number of aromatic nitrogens is 3. The van der Waals surface area contributed by atoms with E-state index in [1.54, 1.807) is 25.3 Å². The lowest BCUT2D eigenvalue weighted by Crippen LogP contribution is -2.15. The minimum atomic E-state index is -0.257. The number of hydrogen-bond donors (Lipinski definition) is 0. The van der Waals surface area contributed by atoms with Crippen LogP contribution in [0.3, 0.4) is 0 Å². The first kappa shape index (κ1) is 14.3. The standard InChI is InChI=1S/C17H13N3O4/c1-22-12-7-8-13-14(9-12)24-20(17(13)21)10-15-18-16(19-23-15)11-5-3-2-4-6-11/h2-9H,10H2,1H3. The molecule has 4 aromatic rings. The van der Waals surface area contributed by atoms with Gasteiger partial charge in [-0.1, -0.05) is 35.5 Å². The van der Waals surface area contributed by atoms with Gasteiger partial charge in [0.05, 0.1) is 12.5 Å². The predicted molar refractivity (Wildman–Crippen MR) is 85.9 cm³/mol. The second-order valence-electron chi connectivity index (χ2n) is 5.17. The first-order valence-electron chi connectivity index (χ1n) is 7.30. The van der Waals surface area contributed by atoms with Gasteiger partial charge in [-0.25, -0.2) is 0 Å². The zero-order valence-corrected chi connectivity index (χ0v) is 12.8. The minimum absolute atomic E-state index is 0.0651. The summed E-state index contributed by atoms with van der Waals surface area (Å²) in [5, 5.41) is 4.40. The van der Waals surface area contributed by atoms with Gasteiger partial charge >= 0.3 is 0 Å². The van der Waals surface area contributed by atoms with E-state index >= 15 is 0 Å². The summed E-state index contributed by atoms with van der Waals surface area (Å²) in [6.45, 7) is 0.0651. The van der Waals surface area contributed by atoms with Crippen molar-refractivity contribution in [1.29, 1.82) is 0 Å². The molecule has 2 heterocycles. The molecule has 0 aliphatic carbocycles. The largest absolute Gasteiger partial charge is 0.497 e. The second-order valence-corrected chi connectivity index (χ2v) is 5.17. The van der Waals surface area contributed by atoms with Crippen molar-refractivity contribution in [1.82, 2.24) is 14.9 Å². The Hall–Kier alpha value is -3.35. The van der Waals surface area contributed by atoms with E-state index < -0.39 is 0 Å². The fraction of sp³-hybridized carbons (Fsp3) is 0.118. The van der Waals surface area contributed by atoms with E-state index in [4.69, 9.17) is 13.8 Å². The van der Waals surface area contributed by atoms with Gasteiger partial charge in [0.2, 0.25) is 11.7 Å². The van der Waals surface area contributed by atoms with Crippen LogP contribution in [0.15, 0.2) is 62.4 Å². The Morgan fingerprint density at radius 2 is 2.00 bits per heavy atom. The van der Waals surface area contributed by atoms with Crippen molar-refractivity contribution in [3.63, 3.8) is 0 Å². The van der Waals surface area contributed by atoms with Gasteiger partial charge in [0.1, 0.15) is 12.3 Å². The zero-order chi connectivity index (χ0) is 16.5. The molecule has 2 aromatic carbocycles. The molecule has 7 nitrogen and oxygen atoms in total. The molecular weight excluding hydrogens is 310 g/mol. The lowest BCUT2D eigenvalue weighted by Gasteiger charge is -1.96. The quantitative estimate of drug-likeness (QED) is 0.574. The maximum atomic E-state index is 12.3. The molecule has 0 saturated heterocycles. The molecule has 0 aliphatic rings. The average molecular weight is 323 g/mol. The molecule has 0 amide bonds. The average Bonchev–Trinajstić information content (AvgIpc) is 3.21. The molecule has 120 valence electrons.